The van der Waals surface area contributed by atoms with Gasteiger partial charge in [0.25, 0.3) is 0 Å². The number of likely N-dealkylation sites (tertiary alicyclic amines) is 1. The summed E-state index contributed by atoms with van der Waals surface area (Å²) in [7, 11) is 0. The quantitative estimate of drug-likeness (QED) is 0.848. The van der Waals surface area contributed by atoms with Gasteiger partial charge in [-0.3, -0.25) is 0 Å². The summed E-state index contributed by atoms with van der Waals surface area (Å²) in [6, 6.07) is 3.39. The van der Waals surface area contributed by atoms with Crippen LogP contribution in [0.4, 0.5) is 10.5 Å². The highest BCUT2D eigenvalue weighted by Crippen LogP contribution is 2.19. The maximum atomic E-state index is 10.7. The fraction of sp³-hybridized carbons (Fsp3) is 0.500. The maximum absolute atomic E-state index is 10.7. The summed E-state index contributed by atoms with van der Waals surface area (Å²) in [4.78, 5) is 16.2. The van der Waals surface area contributed by atoms with Gasteiger partial charge >= 0.3 is 6.09 Å². The molecule has 1 aromatic heterocycles. The molecule has 1 aliphatic heterocycles. The molecule has 1 aliphatic rings. The van der Waals surface area contributed by atoms with Crippen molar-refractivity contribution in [3.63, 3.8) is 0 Å². The normalized spacial score (nSPS) is 16.6. The minimum Gasteiger partial charge on any atom is -0.477 e. The highest BCUT2D eigenvalue weighted by molar-refractivity contribution is 5.64. The van der Waals surface area contributed by atoms with Crippen LogP contribution >= 0.6 is 0 Å². The number of nitrogens with zero attached hydrogens (tertiary/aromatic N) is 2. The zero-order valence-corrected chi connectivity index (χ0v) is 10.1. The van der Waals surface area contributed by atoms with E-state index >= 15 is 0 Å². The number of carbonyl (C=O) groups is 1. The Morgan fingerprint density at radius 2 is 2.28 bits per heavy atom. The Labute approximate surface area is 105 Å². The molecule has 18 heavy (non-hydrogen) atoms. The van der Waals surface area contributed by atoms with E-state index in [0.717, 1.165) is 12.8 Å². The molecule has 0 spiro atoms. The minimum absolute atomic E-state index is 0.379. The van der Waals surface area contributed by atoms with Gasteiger partial charge < -0.3 is 20.5 Å². The molecule has 1 amide bonds. The summed E-state index contributed by atoms with van der Waals surface area (Å²) in [5.41, 5.74) is 6.25. The van der Waals surface area contributed by atoms with Gasteiger partial charge in [-0.2, -0.15) is 0 Å². The highest BCUT2D eigenvalue weighted by atomic mass is 16.5. The van der Waals surface area contributed by atoms with Crippen molar-refractivity contribution in [1.29, 1.82) is 0 Å². The van der Waals surface area contributed by atoms with Crippen LogP contribution in [0.5, 0.6) is 5.88 Å². The molecule has 0 atom stereocenters. The number of amides is 1. The van der Waals surface area contributed by atoms with Crippen LogP contribution in [0.2, 0.25) is 0 Å². The van der Waals surface area contributed by atoms with E-state index in [1.54, 1.807) is 18.3 Å². The van der Waals surface area contributed by atoms with Gasteiger partial charge in [0.2, 0.25) is 5.88 Å². The van der Waals surface area contributed by atoms with Crippen LogP contribution < -0.4 is 10.5 Å². The predicted molar refractivity (Wildman–Crippen MR) is 66.5 cm³/mol. The number of nitrogen functional groups attached to an aromatic ring is 1. The second kappa shape index (κ2) is 5.57. The van der Waals surface area contributed by atoms with Gasteiger partial charge in [0, 0.05) is 31.0 Å². The number of hydrogen-bond acceptors (Lipinski definition) is 4. The molecule has 0 saturated carbocycles. The first kappa shape index (κ1) is 12.5. The Hall–Kier alpha value is -1.98. The highest BCUT2D eigenvalue weighted by Gasteiger charge is 2.22. The molecule has 0 radical (unpaired) electrons. The lowest BCUT2D eigenvalue weighted by Gasteiger charge is -2.29. The molecule has 98 valence electrons. The van der Waals surface area contributed by atoms with Crippen molar-refractivity contribution in [3.8, 4) is 5.88 Å². The van der Waals surface area contributed by atoms with E-state index in [-0.39, 0.29) is 0 Å². The minimum atomic E-state index is -0.841. The molecular formula is C12H17N3O3. The van der Waals surface area contributed by atoms with Crippen molar-refractivity contribution in [1.82, 2.24) is 9.88 Å². The first-order valence-corrected chi connectivity index (χ1v) is 5.97. The molecule has 6 nitrogen and oxygen atoms in total. The number of aromatic nitrogens is 1. The van der Waals surface area contributed by atoms with Crippen molar-refractivity contribution < 1.29 is 14.6 Å². The Kier molecular flexibility index (Phi) is 3.86. The number of hydrogen-bond donors (Lipinski definition) is 2. The van der Waals surface area contributed by atoms with Crippen LogP contribution in [0.15, 0.2) is 18.3 Å². The fourth-order valence-electron chi connectivity index (χ4n) is 2.00. The van der Waals surface area contributed by atoms with E-state index in [1.807, 2.05) is 0 Å². The van der Waals surface area contributed by atoms with E-state index in [9.17, 15) is 4.79 Å². The van der Waals surface area contributed by atoms with E-state index < -0.39 is 6.09 Å². The zero-order valence-electron chi connectivity index (χ0n) is 10.1. The predicted octanol–water partition coefficient (Wildman–Crippen LogP) is 1.43. The average molecular weight is 251 g/mol. The van der Waals surface area contributed by atoms with Crippen LogP contribution in [0.1, 0.15) is 12.8 Å². The topological polar surface area (TPSA) is 88.7 Å². The van der Waals surface area contributed by atoms with E-state index in [2.05, 4.69) is 4.98 Å². The lowest BCUT2D eigenvalue weighted by Crippen LogP contribution is -2.38. The smallest absolute Gasteiger partial charge is 0.407 e. The molecule has 3 N–H and O–H groups in total. The van der Waals surface area contributed by atoms with Crippen molar-refractivity contribution in [2.45, 2.75) is 12.8 Å². The number of ether oxygens (including phenoxy) is 1. The molecule has 6 heteroatoms. The SMILES string of the molecule is Nc1ccnc(OCC2CCN(C(=O)O)CC2)c1. The molecule has 1 saturated heterocycles. The average Bonchev–Trinajstić information content (AvgIpc) is 2.37. The third-order valence-corrected chi connectivity index (χ3v) is 3.11. The molecule has 2 rings (SSSR count). The second-order valence-electron chi connectivity index (χ2n) is 4.45. The Bertz CT molecular complexity index is 417. The van der Waals surface area contributed by atoms with Gasteiger partial charge in [0.05, 0.1) is 6.61 Å². The summed E-state index contributed by atoms with van der Waals surface area (Å²) in [5.74, 6) is 0.902. The third-order valence-electron chi connectivity index (χ3n) is 3.11. The molecule has 0 aromatic carbocycles. The summed E-state index contributed by atoms with van der Waals surface area (Å²) >= 11 is 0. The van der Waals surface area contributed by atoms with Crippen molar-refractivity contribution in [2.75, 3.05) is 25.4 Å². The Morgan fingerprint density at radius 1 is 1.56 bits per heavy atom. The fourth-order valence-corrected chi connectivity index (χ4v) is 2.00. The summed E-state index contributed by atoms with van der Waals surface area (Å²) in [6.45, 7) is 1.71. The summed E-state index contributed by atoms with van der Waals surface area (Å²) in [6.07, 6.45) is 2.42. The Balaban J connectivity index is 1.77. The number of anilines is 1. The lowest BCUT2D eigenvalue weighted by atomic mass is 9.98. The van der Waals surface area contributed by atoms with Gasteiger partial charge in [-0.25, -0.2) is 9.78 Å². The first-order chi connectivity index (χ1) is 8.65. The van der Waals surface area contributed by atoms with Crippen molar-refractivity contribution >= 4 is 11.8 Å². The monoisotopic (exact) mass is 251 g/mol. The van der Waals surface area contributed by atoms with Gasteiger partial charge in [0.1, 0.15) is 0 Å². The summed E-state index contributed by atoms with van der Waals surface area (Å²) < 4.78 is 5.56. The molecule has 0 unspecified atom stereocenters. The Morgan fingerprint density at radius 3 is 2.89 bits per heavy atom. The van der Waals surface area contributed by atoms with Crippen LogP contribution in [-0.2, 0) is 0 Å². The number of carboxylic acid groups (broad SMARTS) is 1. The van der Waals surface area contributed by atoms with Gasteiger partial charge in [0.15, 0.2) is 0 Å². The van der Waals surface area contributed by atoms with Crippen LogP contribution in [0.3, 0.4) is 0 Å². The molecular weight excluding hydrogens is 234 g/mol. The largest absolute Gasteiger partial charge is 0.477 e. The molecule has 1 fully saturated rings. The molecule has 2 heterocycles. The molecule has 1 aromatic rings. The number of pyridine rings is 1. The number of rotatable bonds is 3. The second-order valence-corrected chi connectivity index (χ2v) is 4.45. The number of nitrogens with two attached hydrogens (primary N) is 1. The van der Waals surface area contributed by atoms with E-state index in [4.69, 9.17) is 15.6 Å². The third kappa shape index (κ3) is 3.26. The van der Waals surface area contributed by atoms with Crippen molar-refractivity contribution in [2.24, 2.45) is 5.92 Å². The maximum Gasteiger partial charge on any atom is 0.407 e. The standard InChI is InChI=1S/C12H17N3O3/c13-10-1-4-14-11(7-10)18-8-9-2-5-15(6-3-9)12(16)17/h1,4,7,9H,2-3,5-6,8H2,(H2,13,14)(H,16,17). The van der Waals surface area contributed by atoms with E-state index in [0.29, 0.717) is 37.2 Å². The van der Waals surface area contributed by atoms with Gasteiger partial charge in [-0.05, 0) is 24.8 Å². The molecule has 0 aliphatic carbocycles. The molecule has 0 bridgehead atoms. The first-order valence-electron chi connectivity index (χ1n) is 5.97. The van der Waals surface area contributed by atoms with Crippen molar-refractivity contribution in [3.05, 3.63) is 18.3 Å². The van der Waals surface area contributed by atoms with Crippen LogP contribution in [0.25, 0.3) is 0 Å². The van der Waals surface area contributed by atoms with Gasteiger partial charge in [-0.1, -0.05) is 0 Å². The zero-order chi connectivity index (χ0) is 13.0. The van der Waals surface area contributed by atoms with Crippen LogP contribution in [0, 0.1) is 5.92 Å². The van der Waals surface area contributed by atoms with Crippen LogP contribution in [-0.4, -0.2) is 40.8 Å². The number of piperidine rings is 1. The lowest BCUT2D eigenvalue weighted by molar-refractivity contribution is 0.111. The summed E-state index contributed by atoms with van der Waals surface area (Å²) in [5, 5.41) is 8.83. The van der Waals surface area contributed by atoms with E-state index in [1.165, 1.54) is 4.90 Å². The van der Waals surface area contributed by atoms with Gasteiger partial charge in [-0.15, -0.1) is 0 Å².